The van der Waals surface area contributed by atoms with Gasteiger partial charge in [-0.1, -0.05) is 0 Å². The summed E-state index contributed by atoms with van der Waals surface area (Å²) in [5.41, 5.74) is 5.52. The Labute approximate surface area is 102 Å². The summed E-state index contributed by atoms with van der Waals surface area (Å²) in [7, 11) is 3.84. The Hall–Kier alpha value is -1.40. The van der Waals surface area contributed by atoms with Gasteiger partial charge in [0.05, 0.1) is 5.60 Å². The molecule has 1 aromatic rings. The molecule has 1 aromatic heterocycles. The van der Waals surface area contributed by atoms with Crippen molar-refractivity contribution < 1.29 is 5.11 Å². The maximum atomic E-state index is 10.1. The number of hydrogen-bond acceptors (Lipinski definition) is 6. The smallest absolute Gasteiger partial charge is 0.222 e. The fourth-order valence-corrected chi connectivity index (χ4v) is 1.70. The lowest BCUT2D eigenvalue weighted by Crippen LogP contribution is -2.43. The van der Waals surface area contributed by atoms with Gasteiger partial charge in [-0.25, -0.2) is 4.98 Å². The van der Waals surface area contributed by atoms with E-state index in [9.17, 15) is 5.11 Å². The molecular weight excluding hydrogens is 218 g/mol. The van der Waals surface area contributed by atoms with Gasteiger partial charge < -0.3 is 21.1 Å². The van der Waals surface area contributed by atoms with E-state index in [0.717, 1.165) is 5.69 Å². The number of aryl methyl sites for hydroxylation is 1. The molecule has 1 heterocycles. The average molecular weight is 239 g/mol. The normalized spacial score (nSPS) is 14.7. The van der Waals surface area contributed by atoms with E-state index in [-0.39, 0.29) is 5.95 Å². The second-order valence-electron chi connectivity index (χ2n) is 4.84. The van der Waals surface area contributed by atoms with Crippen molar-refractivity contribution in [1.82, 2.24) is 14.9 Å². The number of nitrogens with zero attached hydrogens (tertiary/aromatic N) is 3. The molecule has 0 aliphatic rings. The van der Waals surface area contributed by atoms with Crippen LogP contribution >= 0.6 is 0 Å². The minimum absolute atomic E-state index is 0.236. The number of aliphatic hydroxyl groups is 1. The van der Waals surface area contributed by atoms with E-state index in [2.05, 4.69) is 15.3 Å². The zero-order chi connectivity index (χ0) is 13.1. The van der Waals surface area contributed by atoms with Crippen molar-refractivity contribution in [2.75, 3.05) is 38.2 Å². The molecule has 0 bridgehead atoms. The lowest BCUT2D eigenvalue weighted by atomic mass is 10.1. The fourth-order valence-electron chi connectivity index (χ4n) is 1.70. The van der Waals surface area contributed by atoms with Crippen LogP contribution in [-0.4, -0.2) is 52.8 Å². The van der Waals surface area contributed by atoms with Crippen molar-refractivity contribution in [1.29, 1.82) is 0 Å². The minimum atomic E-state index is -0.822. The van der Waals surface area contributed by atoms with E-state index in [1.165, 1.54) is 0 Å². The molecule has 1 unspecified atom stereocenters. The van der Waals surface area contributed by atoms with Gasteiger partial charge in [-0.3, -0.25) is 0 Å². The molecule has 0 aliphatic carbocycles. The van der Waals surface area contributed by atoms with Gasteiger partial charge in [-0.2, -0.15) is 4.98 Å². The molecular formula is C11H21N5O. The standard InChI is InChI=1S/C11H21N5O/c1-8-5-9(15-10(12)14-8)13-6-11(2,17)7-16(3)4/h5,17H,6-7H2,1-4H3,(H3,12,13,14,15). The number of nitrogens with two attached hydrogens (primary N) is 1. The summed E-state index contributed by atoms with van der Waals surface area (Å²) in [5.74, 6) is 0.869. The molecule has 0 radical (unpaired) electrons. The largest absolute Gasteiger partial charge is 0.387 e. The predicted octanol–water partition coefficient (Wildman–Crippen LogP) is 0.0917. The number of hydrogen-bond donors (Lipinski definition) is 3. The van der Waals surface area contributed by atoms with Crippen molar-refractivity contribution in [2.45, 2.75) is 19.4 Å². The van der Waals surface area contributed by atoms with E-state index in [0.29, 0.717) is 18.9 Å². The summed E-state index contributed by atoms with van der Waals surface area (Å²) in [6.45, 7) is 4.60. The first-order chi connectivity index (χ1) is 7.78. The lowest BCUT2D eigenvalue weighted by Gasteiger charge is -2.27. The number of anilines is 2. The van der Waals surface area contributed by atoms with Crippen LogP contribution in [0.2, 0.25) is 0 Å². The Kier molecular flexibility index (Phi) is 4.25. The van der Waals surface area contributed by atoms with Gasteiger partial charge in [-0.05, 0) is 27.9 Å². The topological polar surface area (TPSA) is 87.3 Å². The van der Waals surface area contributed by atoms with Crippen LogP contribution in [0.1, 0.15) is 12.6 Å². The van der Waals surface area contributed by atoms with E-state index in [1.54, 1.807) is 13.0 Å². The molecule has 4 N–H and O–H groups in total. The molecule has 0 aliphatic heterocycles. The number of aromatic nitrogens is 2. The second-order valence-corrected chi connectivity index (χ2v) is 4.84. The van der Waals surface area contributed by atoms with Crippen molar-refractivity contribution in [3.8, 4) is 0 Å². The predicted molar refractivity (Wildman–Crippen MR) is 68.8 cm³/mol. The van der Waals surface area contributed by atoms with Gasteiger partial charge in [0.2, 0.25) is 5.95 Å². The number of likely N-dealkylation sites (N-methyl/N-ethyl adjacent to an activating group) is 1. The third kappa shape index (κ3) is 4.97. The maximum Gasteiger partial charge on any atom is 0.222 e. The summed E-state index contributed by atoms with van der Waals surface area (Å²) in [6.07, 6.45) is 0. The molecule has 0 amide bonds. The molecule has 0 spiro atoms. The molecule has 17 heavy (non-hydrogen) atoms. The third-order valence-corrected chi connectivity index (χ3v) is 2.18. The summed E-state index contributed by atoms with van der Waals surface area (Å²) in [6, 6.07) is 1.79. The first kappa shape index (κ1) is 13.7. The Morgan fingerprint density at radius 2 is 2.12 bits per heavy atom. The van der Waals surface area contributed by atoms with Gasteiger partial charge in [0.25, 0.3) is 0 Å². The van der Waals surface area contributed by atoms with Crippen LogP contribution < -0.4 is 11.1 Å². The Morgan fingerprint density at radius 1 is 1.47 bits per heavy atom. The highest BCUT2D eigenvalue weighted by Crippen LogP contribution is 2.10. The Balaban J connectivity index is 2.60. The molecule has 1 atom stereocenters. The lowest BCUT2D eigenvalue weighted by molar-refractivity contribution is 0.0459. The molecule has 6 heteroatoms. The quantitative estimate of drug-likeness (QED) is 0.675. The molecule has 0 saturated carbocycles. The number of nitrogen functional groups attached to an aromatic ring is 1. The van der Waals surface area contributed by atoms with Crippen molar-refractivity contribution in [3.63, 3.8) is 0 Å². The highest BCUT2D eigenvalue weighted by atomic mass is 16.3. The summed E-state index contributed by atoms with van der Waals surface area (Å²) < 4.78 is 0. The van der Waals surface area contributed by atoms with Crippen LogP contribution in [-0.2, 0) is 0 Å². The third-order valence-electron chi connectivity index (χ3n) is 2.18. The number of rotatable bonds is 5. The van der Waals surface area contributed by atoms with Crippen molar-refractivity contribution in [2.24, 2.45) is 0 Å². The van der Waals surface area contributed by atoms with Crippen LogP contribution in [0.5, 0.6) is 0 Å². The fraction of sp³-hybridized carbons (Fsp3) is 0.636. The summed E-state index contributed by atoms with van der Waals surface area (Å²) in [4.78, 5) is 9.96. The van der Waals surface area contributed by atoms with Gasteiger partial charge in [0.1, 0.15) is 5.82 Å². The van der Waals surface area contributed by atoms with Crippen molar-refractivity contribution >= 4 is 11.8 Å². The van der Waals surface area contributed by atoms with Crippen LogP contribution in [0.3, 0.4) is 0 Å². The highest BCUT2D eigenvalue weighted by molar-refractivity contribution is 5.40. The molecule has 0 saturated heterocycles. The van der Waals surface area contributed by atoms with E-state index >= 15 is 0 Å². The molecule has 0 fully saturated rings. The first-order valence-corrected chi connectivity index (χ1v) is 5.51. The Bertz CT molecular complexity index is 358. The zero-order valence-corrected chi connectivity index (χ0v) is 10.9. The molecule has 0 aromatic carbocycles. The van der Waals surface area contributed by atoms with Crippen LogP contribution in [0.4, 0.5) is 11.8 Å². The van der Waals surface area contributed by atoms with Gasteiger partial charge in [0.15, 0.2) is 0 Å². The van der Waals surface area contributed by atoms with Crippen LogP contribution in [0.25, 0.3) is 0 Å². The van der Waals surface area contributed by atoms with E-state index in [1.807, 2.05) is 25.9 Å². The SMILES string of the molecule is Cc1cc(NCC(C)(O)CN(C)C)nc(N)n1. The molecule has 96 valence electrons. The highest BCUT2D eigenvalue weighted by Gasteiger charge is 2.21. The minimum Gasteiger partial charge on any atom is -0.387 e. The van der Waals surface area contributed by atoms with Crippen LogP contribution in [0, 0.1) is 6.92 Å². The molecule has 6 nitrogen and oxygen atoms in total. The zero-order valence-electron chi connectivity index (χ0n) is 10.9. The van der Waals surface area contributed by atoms with Crippen molar-refractivity contribution in [3.05, 3.63) is 11.8 Å². The van der Waals surface area contributed by atoms with Crippen LogP contribution in [0.15, 0.2) is 6.07 Å². The first-order valence-electron chi connectivity index (χ1n) is 5.51. The second kappa shape index (κ2) is 5.29. The van der Waals surface area contributed by atoms with Gasteiger partial charge in [0, 0.05) is 24.8 Å². The average Bonchev–Trinajstić information content (AvgIpc) is 2.11. The van der Waals surface area contributed by atoms with Gasteiger partial charge in [-0.15, -0.1) is 0 Å². The Morgan fingerprint density at radius 3 is 2.65 bits per heavy atom. The summed E-state index contributed by atoms with van der Waals surface area (Å²) in [5, 5.41) is 13.2. The van der Waals surface area contributed by atoms with E-state index < -0.39 is 5.60 Å². The number of nitrogens with one attached hydrogen (secondary N) is 1. The van der Waals surface area contributed by atoms with Gasteiger partial charge >= 0.3 is 0 Å². The molecule has 1 rings (SSSR count). The van der Waals surface area contributed by atoms with E-state index in [4.69, 9.17) is 5.73 Å². The summed E-state index contributed by atoms with van der Waals surface area (Å²) >= 11 is 0. The maximum absolute atomic E-state index is 10.1. The monoisotopic (exact) mass is 239 g/mol.